The zero-order valence-corrected chi connectivity index (χ0v) is 26.0. The summed E-state index contributed by atoms with van der Waals surface area (Å²) in [5, 5.41) is 5.36. The average Bonchev–Trinajstić information content (AvgIpc) is 3.24. The van der Waals surface area contributed by atoms with Crippen LogP contribution in [0.15, 0.2) is 164 Å². The van der Waals surface area contributed by atoms with Crippen molar-refractivity contribution in [3.63, 3.8) is 0 Å². The number of benzene rings is 7. The number of fused-ring (bicyclic) bond motifs is 10. The highest BCUT2D eigenvalue weighted by Gasteiger charge is 2.51. The molecule has 0 atom stereocenters. The second-order valence-corrected chi connectivity index (χ2v) is 16.0. The highest BCUT2D eigenvalue weighted by molar-refractivity contribution is 7.21. The Labute approximate surface area is 269 Å². The molecule has 0 radical (unpaired) electrons. The van der Waals surface area contributed by atoms with Gasteiger partial charge in [0, 0.05) is 10.6 Å². The highest BCUT2D eigenvalue weighted by atomic mass is 28.3. The Bertz CT molecular complexity index is 2290. The van der Waals surface area contributed by atoms with Gasteiger partial charge in [0.2, 0.25) is 0 Å². The van der Waals surface area contributed by atoms with Crippen molar-refractivity contribution >= 4 is 51.9 Å². The van der Waals surface area contributed by atoms with Crippen LogP contribution in [0, 0.1) is 0 Å². The van der Waals surface area contributed by atoms with E-state index in [0.29, 0.717) is 0 Å². The van der Waals surface area contributed by atoms with E-state index in [4.69, 9.17) is 9.47 Å². The first kappa shape index (κ1) is 25.7. The molecule has 3 aliphatic heterocycles. The van der Waals surface area contributed by atoms with E-state index in [0.717, 1.165) is 28.5 Å². The number of para-hydroxylation sites is 1. The molecule has 3 heterocycles. The summed E-state index contributed by atoms with van der Waals surface area (Å²) in [5.74, 6) is 3.62. The van der Waals surface area contributed by atoms with E-state index in [2.05, 4.69) is 164 Å². The van der Waals surface area contributed by atoms with Gasteiger partial charge in [0.1, 0.15) is 23.0 Å². The molecule has 3 aliphatic rings. The van der Waals surface area contributed by atoms with Crippen molar-refractivity contribution in [2.75, 3.05) is 0 Å². The quantitative estimate of drug-likeness (QED) is 0.246. The molecule has 0 aliphatic carbocycles. The largest absolute Gasteiger partial charge is 0.458 e. The summed E-state index contributed by atoms with van der Waals surface area (Å²) in [6.07, 6.45) is 0. The molecular weight excluding hydrogens is 575 g/mol. The van der Waals surface area contributed by atoms with Gasteiger partial charge in [-0.25, -0.2) is 0 Å². The summed E-state index contributed by atoms with van der Waals surface area (Å²) >= 11 is 0. The molecule has 0 fully saturated rings. The molecule has 46 heavy (non-hydrogen) atoms. The molecule has 0 amide bonds. The van der Waals surface area contributed by atoms with Gasteiger partial charge in [0.05, 0.1) is 0 Å². The van der Waals surface area contributed by atoms with Gasteiger partial charge < -0.3 is 9.47 Å². The average molecular weight is 603 g/mol. The molecule has 4 heteroatoms. The lowest BCUT2D eigenvalue weighted by Crippen LogP contribution is -2.76. The zero-order chi connectivity index (χ0) is 30.2. The summed E-state index contributed by atoms with van der Waals surface area (Å²) in [6.45, 7) is -0.00260. The summed E-state index contributed by atoms with van der Waals surface area (Å²) in [4.78, 5) is 0. The molecule has 214 valence electrons. The summed E-state index contributed by atoms with van der Waals surface area (Å²) in [5.41, 5.74) is 8.50. The maximum Gasteiger partial charge on any atom is 0.260 e. The van der Waals surface area contributed by atoms with Crippen LogP contribution in [-0.2, 0) is 0 Å². The van der Waals surface area contributed by atoms with Crippen molar-refractivity contribution in [3.8, 4) is 45.3 Å². The smallest absolute Gasteiger partial charge is 0.260 e. The van der Waals surface area contributed by atoms with Crippen LogP contribution in [0.5, 0.6) is 23.0 Å². The molecule has 0 unspecified atom stereocenters. The fraction of sp³-hybridized carbons (Fsp3) is 0. The molecule has 7 aromatic rings. The van der Waals surface area contributed by atoms with Crippen LogP contribution in [0.1, 0.15) is 0 Å². The SMILES string of the molecule is c1ccc([Si]2(c3ccccc3)c3ccccc3-c3ccccc3-c3ccc4c(c32)Oc2cccc3c2B4c2ccccc2O3)cc1. The number of rotatable bonds is 2. The number of hydrogen-bond acceptors (Lipinski definition) is 2. The molecule has 0 spiro atoms. The van der Waals surface area contributed by atoms with Crippen LogP contribution in [0.25, 0.3) is 22.3 Å². The maximum atomic E-state index is 7.28. The molecule has 0 bridgehead atoms. The third-order valence-electron chi connectivity index (χ3n) is 10.1. The van der Waals surface area contributed by atoms with Gasteiger partial charge in [-0.1, -0.05) is 146 Å². The second-order valence-electron chi connectivity index (χ2n) is 12.3. The van der Waals surface area contributed by atoms with E-state index < -0.39 is 8.07 Å². The first-order chi connectivity index (χ1) is 22.8. The van der Waals surface area contributed by atoms with Crippen LogP contribution in [0.4, 0.5) is 0 Å². The minimum atomic E-state index is -3.01. The normalized spacial score (nSPS) is 14.1. The van der Waals surface area contributed by atoms with Gasteiger partial charge in [0.25, 0.3) is 6.71 Å². The summed E-state index contributed by atoms with van der Waals surface area (Å²) in [6, 6.07) is 59.8. The van der Waals surface area contributed by atoms with Crippen LogP contribution < -0.4 is 46.6 Å². The Morgan fingerprint density at radius 2 is 0.957 bits per heavy atom. The highest BCUT2D eigenvalue weighted by Crippen LogP contribution is 2.40. The standard InChI is InChI=1S/C42H27BO2Si/c1-3-14-28(15-4-1)46(29-16-5-2-6-17-29)39-25-12-9-20-32(39)30-18-7-8-19-31(30)33-26-27-35-41(42(33)46)45-38-24-13-23-37-40(38)43(35)34-21-10-11-22-36(34)44-37/h1-27H. The minimum absolute atomic E-state index is 0.00260. The number of hydrogen-bond donors (Lipinski definition) is 0. The molecule has 0 N–H and O–H groups in total. The first-order valence-electron chi connectivity index (χ1n) is 15.9. The van der Waals surface area contributed by atoms with Gasteiger partial charge in [-0.2, -0.15) is 0 Å². The van der Waals surface area contributed by atoms with E-state index in [1.807, 2.05) is 0 Å². The fourth-order valence-corrected chi connectivity index (χ4v) is 13.6. The van der Waals surface area contributed by atoms with Crippen LogP contribution in [0.2, 0.25) is 0 Å². The van der Waals surface area contributed by atoms with E-state index in [1.165, 1.54) is 53.9 Å². The van der Waals surface area contributed by atoms with Gasteiger partial charge in [-0.15, -0.1) is 0 Å². The molecule has 2 nitrogen and oxygen atoms in total. The Morgan fingerprint density at radius 3 is 1.70 bits per heavy atom. The van der Waals surface area contributed by atoms with Crippen LogP contribution >= 0.6 is 0 Å². The maximum absolute atomic E-state index is 7.28. The zero-order valence-electron chi connectivity index (χ0n) is 25.0. The van der Waals surface area contributed by atoms with Crippen molar-refractivity contribution in [1.29, 1.82) is 0 Å². The third kappa shape index (κ3) is 3.37. The van der Waals surface area contributed by atoms with Crippen LogP contribution in [0.3, 0.4) is 0 Å². The monoisotopic (exact) mass is 602 g/mol. The molecule has 10 rings (SSSR count). The van der Waals surface area contributed by atoms with Gasteiger partial charge in [-0.05, 0) is 66.9 Å². The topological polar surface area (TPSA) is 18.5 Å². The lowest BCUT2D eigenvalue weighted by atomic mass is 9.35. The summed E-state index contributed by atoms with van der Waals surface area (Å²) in [7, 11) is -3.01. The lowest BCUT2D eigenvalue weighted by molar-refractivity contribution is 0.466. The Kier molecular flexibility index (Phi) is 5.43. The summed E-state index contributed by atoms with van der Waals surface area (Å²) < 4.78 is 13.7. The number of ether oxygens (including phenoxy) is 2. The van der Waals surface area contributed by atoms with Crippen molar-refractivity contribution < 1.29 is 9.47 Å². The van der Waals surface area contributed by atoms with E-state index >= 15 is 0 Å². The first-order valence-corrected chi connectivity index (χ1v) is 17.9. The lowest BCUT2D eigenvalue weighted by Gasteiger charge is -2.40. The van der Waals surface area contributed by atoms with Gasteiger partial charge in [-0.3, -0.25) is 0 Å². The molecule has 7 aromatic carbocycles. The van der Waals surface area contributed by atoms with Gasteiger partial charge >= 0.3 is 0 Å². The minimum Gasteiger partial charge on any atom is -0.458 e. The Balaban J connectivity index is 1.43. The predicted molar refractivity (Wildman–Crippen MR) is 192 cm³/mol. The van der Waals surface area contributed by atoms with Crippen molar-refractivity contribution in [2.24, 2.45) is 0 Å². The molecule has 0 saturated carbocycles. The van der Waals surface area contributed by atoms with Gasteiger partial charge in [0.15, 0.2) is 8.07 Å². The Morgan fingerprint density at radius 1 is 0.391 bits per heavy atom. The molecule has 0 saturated heterocycles. The van der Waals surface area contributed by atoms with E-state index in [1.54, 1.807) is 0 Å². The molecule has 0 aromatic heterocycles. The van der Waals surface area contributed by atoms with Crippen LogP contribution in [-0.4, -0.2) is 14.8 Å². The second kappa shape index (κ2) is 9.71. The Hall–Kier alpha value is -5.58. The fourth-order valence-electron chi connectivity index (χ4n) is 8.31. The van der Waals surface area contributed by atoms with Crippen molar-refractivity contribution in [1.82, 2.24) is 0 Å². The van der Waals surface area contributed by atoms with E-state index in [9.17, 15) is 0 Å². The molecular formula is C42H27BO2Si. The van der Waals surface area contributed by atoms with Crippen molar-refractivity contribution in [3.05, 3.63) is 164 Å². The van der Waals surface area contributed by atoms with E-state index in [-0.39, 0.29) is 6.71 Å². The third-order valence-corrected chi connectivity index (χ3v) is 15.0. The predicted octanol–water partition coefficient (Wildman–Crippen LogP) is 5.44. The van der Waals surface area contributed by atoms with Crippen molar-refractivity contribution in [2.45, 2.75) is 0 Å².